The van der Waals surface area contributed by atoms with Gasteiger partial charge in [-0.3, -0.25) is 0 Å². The number of hydrogen-bond acceptors (Lipinski definition) is 2. The Kier molecular flexibility index (Phi) is 2.80. The maximum atomic E-state index is 12.6. The Morgan fingerprint density at radius 2 is 2.23 bits per heavy atom. The summed E-state index contributed by atoms with van der Waals surface area (Å²) in [5.41, 5.74) is 0.282. The first kappa shape index (κ1) is 9.45. The second kappa shape index (κ2) is 3.85. The van der Waals surface area contributed by atoms with Gasteiger partial charge in [0.15, 0.2) is 0 Å². The van der Waals surface area contributed by atoms with E-state index >= 15 is 0 Å². The van der Waals surface area contributed by atoms with Crippen molar-refractivity contribution in [2.45, 2.75) is 6.92 Å². The van der Waals surface area contributed by atoms with E-state index in [1.54, 1.807) is 0 Å². The van der Waals surface area contributed by atoms with E-state index in [1.807, 2.05) is 0 Å². The molecule has 0 radical (unpaired) electrons. The molecule has 0 N–H and O–H groups in total. The Balaban J connectivity index is 2.75. The third-order valence-electron chi connectivity index (χ3n) is 1.36. The molecule has 0 aliphatic rings. The standard InChI is InChI=1S/C10H9FO2/c1-7(2)10(12)13-9-5-3-4-8(11)6-9/h3-6H,1H2,2H3. The van der Waals surface area contributed by atoms with Crippen molar-refractivity contribution in [2.75, 3.05) is 0 Å². The summed E-state index contributed by atoms with van der Waals surface area (Å²) in [4.78, 5) is 11.0. The minimum atomic E-state index is -0.550. The zero-order valence-electron chi connectivity index (χ0n) is 7.21. The van der Waals surface area contributed by atoms with Gasteiger partial charge in [-0.1, -0.05) is 12.6 Å². The van der Waals surface area contributed by atoms with E-state index < -0.39 is 11.8 Å². The summed E-state index contributed by atoms with van der Waals surface area (Å²) >= 11 is 0. The molecular formula is C10H9FO2. The van der Waals surface area contributed by atoms with Crippen LogP contribution in [-0.4, -0.2) is 5.97 Å². The first-order valence-corrected chi connectivity index (χ1v) is 3.73. The largest absolute Gasteiger partial charge is 0.423 e. The molecule has 1 aromatic rings. The van der Waals surface area contributed by atoms with Crippen molar-refractivity contribution in [3.63, 3.8) is 0 Å². The smallest absolute Gasteiger partial charge is 0.338 e. The number of hydrogen-bond donors (Lipinski definition) is 0. The third kappa shape index (κ3) is 2.71. The first-order chi connectivity index (χ1) is 6.09. The minimum absolute atomic E-state index is 0.188. The van der Waals surface area contributed by atoms with E-state index in [2.05, 4.69) is 6.58 Å². The van der Waals surface area contributed by atoms with Crippen LogP contribution >= 0.6 is 0 Å². The highest BCUT2D eigenvalue weighted by Gasteiger charge is 2.04. The molecule has 1 rings (SSSR count). The van der Waals surface area contributed by atoms with Crippen LogP contribution in [0, 0.1) is 5.82 Å². The topological polar surface area (TPSA) is 26.3 Å². The van der Waals surface area contributed by atoms with E-state index in [-0.39, 0.29) is 11.3 Å². The average molecular weight is 180 g/mol. The van der Waals surface area contributed by atoms with Crippen LogP contribution in [0.5, 0.6) is 5.75 Å². The highest BCUT2D eigenvalue weighted by molar-refractivity contribution is 5.88. The number of rotatable bonds is 2. The Hall–Kier alpha value is -1.64. The Morgan fingerprint density at radius 1 is 1.54 bits per heavy atom. The molecule has 0 fully saturated rings. The van der Waals surface area contributed by atoms with Crippen LogP contribution in [-0.2, 0) is 4.79 Å². The van der Waals surface area contributed by atoms with E-state index in [4.69, 9.17) is 4.74 Å². The molecule has 1 aromatic carbocycles. The average Bonchev–Trinajstić information content (AvgIpc) is 2.04. The summed E-state index contributed by atoms with van der Waals surface area (Å²) < 4.78 is 17.4. The van der Waals surface area contributed by atoms with Crippen LogP contribution in [0.1, 0.15) is 6.92 Å². The number of carbonyl (C=O) groups excluding carboxylic acids is 1. The number of halogens is 1. The molecule has 2 nitrogen and oxygen atoms in total. The number of benzene rings is 1. The highest BCUT2D eigenvalue weighted by Crippen LogP contribution is 2.12. The number of carbonyl (C=O) groups is 1. The Labute approximate surface area is 75.6 Å². The van der Waals surface area contributed by atoms with Gasteiger partial charge in [-0.2, -0.15) is 0 Å². The minimum Gasteiger partial charge on any atom is -0.423 e. The van der Waals surface area contributed by atoms with E-state index in [9.17, 15) is 9.18 Å². The van der Waals surface area contributed by atoms with Crippen molar-refractivity contribution in [3.05, 3.63) is 42.2 Å². The summed E-state index contributed by atoms with van der Waals surface area (Å²) in [7, 11) is 0. The Bertz CT molecular complexity index is 345. The van der Waals surface area contributed by atoms with Gasteiger partial charge in [0.05, 0.1) is 0 Å². The quantitative estimate of drug-likeness (QED) is 0.396. The molecule has 3 heteroatoms. The third-order valence-corrected chi connectivity index (χ3v) is 1.36. The Morgan fingerprint density at radius 3 is 2.77 bits per heavy atom. The van der Waals surface area contributed by atoms with Crippen molar-refractivity contribution in [1.82, 2.24) is 0 Å². The van der Waals surface area contributed by atoms with Crippen LogP contribution in [0.3, 0.4) is 0 Å². The molecule has 0 aliphatic heterocycles. The van der Waals surface area contributed by atoms with E-state index in [1.165, 1.54) is 25.1 Å². The molecule has 0 spiro atoms. The zero-order valence-corrected chi connectivity index (χ0v) is 7.21. The second-order valence-electron chi connectivity index (χ2n) is 2.63. The predicted molar refractivity (Wildman–Crippen MR) is 46.8 cm³/mol. The molecule has 0 aliphatic carbocycles. The molecule has 0 amide bonds. The van der Waals surface area contributed by atoms with Gasteiger partial charge in [0.25, 0.3) is 0 Å². The summed E-state index contributed by atoms with van der Waals surface area (Å²) in [6.07, 6.45) is 0. The summed E-state index contributed by atoms with van der Waals surface area (Å²) in [5, 5.41) is 0. The highest BCUT2D eigenvalue weighted by atomic mass is 19.1. The lowest BCUT2D eigenvalue weighted by Crippen LogP contribution is -2.08. The molecule has 0 saturated carbocycles. The maximum absolute atomic E-state index is 12.6. The van der Waals surface area contributed by atoms with Crippen LogP contribution in [0.25, 0.3) is 0 Å². The molecule has 0 atom stereocenters. The molecule has 0 aromatic heterocycles. The van der Waals surface area contributed by atoms with Crippen molar-refractivity contribution in [2.24, 2.45) is 0 Å². The maximum Gasteiger partial charge on any atom is 0.338 e. The molecule has 68 valence electrons. The van der Waals surface area contributed by atoms with E-state index in [0.717, 1.165) is 6.07 Å². The molecule has 0 saturated heterocycles. The van der Waals surface area contributed by atoms with Gasteiger partial charge in [0, 0.05) is 11.6 Å². The fourth-order valence-electron chi connectivity index (χ4n) is 0.725. The van der Waals surface area contributed by atoms with Crippen LogP contribution in [0.15, 0.2) is 36.4 Å². The van der Waals surface area contributed by atoms with Crippen molar-refractivity contribution < 1.29 is 13.9 Å². The summed E-state index contributed by atoms with van der Waals surface area (Å²) in [5.74, 6) is -0.800. The first-order valence-electron chi connectivity index (χ1n) is 3.73. The molecule has 13 heavy (non-hydrogen) atoms. The lowest BCUT2D eigenvalue weighted by Gasteiger charge is -2.02. The monoisotopic (exact) mass is 180 g/mol. The van der Waals surface area contributed by atoms with E-state index in [0.29, 0.717) is 0 Å². The fourth-order valence-corrected chi connectivity index (χ4v) is 0.725. The van der Waals surface area contributed by atoms with Crippen molar-refractivity contribution in [1.29, 1.82) is 0 Å². The van der Waals surface area contributed by atoms with Crippen LogP contribution < -0.4 is 4.74 Å². The van der Waals surface area contributed by atoms with Gasteiger partial charge < -0.3 is 4.74 Å². The zero-order chi connectivity index (χ0) is 9.84. The van der Waals surface area contributed by atoms with Crippen LogP contribution in [0.2, 0.25) is 0 Å². The molecule has 0 heterocycles. The van der Waals surface area contributed by atoms with Gasteiger partial charge in [-0.25, -0.2) is 9.18 Å². The van der Waals surface area contributed by atoms with Crippen molar-refractivity contribution >= 4 is 5.97 Å². The second-order valence-corrected chi connectivity index (χ2v) is 2.63. The molecular weight excluding hydrogens is 171 g/mol. The molecule has 0 unspecified atom stereocenters. The lowest BCUT2D eigenvalue weighted by atomic mass is 10.3. The summed E-state index contributed by atoms with van der Waals surface area (Å²) in [6.45, 7) is 4.93. The number of esters is 1. The fraction of sp³-hybridized carbons (Fsp3) is 0.100. The van der Waals surface area contributed by atoms with Gasteiger partial charge >= 0.3 is 5.97 Å². The lowest BCUT2D eigenvalue weighted by molar-refractivity contribution is -0.130. The normalized spacial score (nSPS) is 9.38. The van der Waals surface area contributed by atoms with Gasteiger partial charge in [-0.05, 0) is 19.1 Å². The van der Waals surface area contributed by atoms with Gasteiger partial charge in [-0.15, -0.1) is 0 Å². The summed E-state index contributed by atoms with van der Waals surface area (Å²) in [6, 6.07) is 5.39. The van der Waals surface area contributed by atoms with Crippen LogP contribution in [0.4, 0.5) is 4.39 Å². The number of ether oxygens (including phenoxy) is 1. The van der Waals surface area contributed by atoms with Gasteiger partial charge in [0.2, 0.25) is 0 Å². The molecule has 0 bridgehead atoms. The SMILES string of the molecule is C=C(C)C(=O)Oc1cccc(F)c1. The van der Waals surface area contributed by atoms with Crippen molar-refractivity contribution in [3.8, 4) is 5.75 Å². The van der Waals surface area contributed by atoms with Gasteiger partial charge in [0.1, 0.15) is 11.6 Å². The predicted octanol–water partition coefficient (Wildman–Crippen LogP) is 2.31.